The van der Waals surface area contributed by atoms with Crippen molar-refractivity contribution in [3.05, 3.63) is 34.9 Å². The maximum atomic E-state index is 5.79. The van der Waals surface area contributed by atoms with Crippen molar-refractivity contribution < 1.29 is 0 Å². The van der Waals surface area contributed by atoms with Crippen LogP contribution in [-0.4, -0.2) is 6.29 Å². The van der Waals surface area contributed by atoms with Gasteiger partial charge in [-0.2, -0.15) is 0 Å². The quantitative estimate of drug-likeness (QED) is 0.531. The van der Waals surface area contributed by atoms with Crippen molar-refractivity contribution in [3.63, 3.8) is 0 Å². The molecule has 0 aromatic heterocycles. The van der Waals surface area contributed by atoms with Gasteiger partial charge in [-0.05, 0) is 29.5 Å². The predicted octanol–water partition coefficient (Wildman–Crippen LogP) is 1.42. The minimum absolute atomic E-state index is 0.416. The van der Waals surface area contributed by atoms with Crippen molar-refractivity contribution >= 4 is 23.4 Å². The SMILES string of the molecule is NC(NCl)NCc1cccc(Cl)c1. The highest BCUT2D eigenvalue weighted by molar-refractivity contribution is 6.30. The molecule has 5 heteroatoms. The van der Waals surface area contributed by atoms with Gasteiger partial charge in [0.15, 0.2) is 0 Å². The van der Waals surface area contributed by atoms with E-state index >= 15 is 0 Å². The largest absolute Gasteiger partial charge is 0.303 e. The molecular weight excluding hydrogens is 209 g/mol. The van der Waals surface area contributed by atoms with Crippen molar-refractivity contribution in [2.75, 3.05) is 0 Å². The number of nitrogens with one attached hydrogen (secondary N) is 2. The van der Waals surface area contributed by atoms with Crippen LogP contribution in [0.25, 0.3) is 0 Å². The molecule has 0 fully saturated rings. The monoisotopic (exact) mass is 219 g/mol. The van der Waals surface area contributed by atoms with E-state index in [1.807, 2.05) is 24.3 Å². The van der Waals surface area contributed by atoms with Gasteiger partial charge >= 0.3 is 0 Å². The Kier molecular flexibility index (Phi) is 4.48. The topological polar surface area (TPSA) is 50.1 Å². The average molecular weight is 220 g/mol. The zero-order valence-corrected chi connectivity index (χ0v) is 8.44. The molecule has 1 aromatic carbocycles. The highest BCUT2D eigenvalue weighted by atomic mass is 35.5. The molecule has 0 amide bonds. The van der Waals surface area contributed by atoms with Crippen molar-refractivity contribution in [3.8, 4) is 0 Å². The maximum Gasteiger partial charge on any atom is 0.123 e. The van der Waals surface area contributed by atoms with Crippen LogP contribution >= 0.6 is 23.4 Å². The molecule has 4 N–H and O–H groups in total. The zero-order chi connectivity index (χ0) is 9.68. The van der Waals surface area contributed by atoms with Gasteiger partial charge in [-0.15, -0.1) is 0 Å². The van der Waals surface area contributed by atoms with Crippen LogP contribution < -0.4 is 15.9 Å². The van der Waals surface area contributed by atoms with Crippen LogP contribution in [0.5, 0.6) is 0 Å². The summed E-state index contributed by atoms with van der Waals surface area (Å²) in [7, 11) is 0. The Labute approximate surface area is 87.3 Å². The lowest BCUT2D eigenvalue weighted by molar-refractivity contribution is 0.511. The van der Waals surface area contributed by atoms with Gasteiger partial charge in [-0.25, -0.2) is 4.84 Å². The number of nitrogens with two attached hydrogens (primary N) is 1. The molecule has 0 saturated carbocycles. The first kappa shape index (κ1) is 10.8. The molecule has 0 radical (unpaired) electrons. The van der Waals surface area contributed by atoms with Crippen LogP contribution in [0.2, 0.25) is 5.02 Å². The van der Waals surface area contributed by atoms with Gasteiger partial charge in [-0.1, -0.05) is 23.7 Å². The maximum absolute atomic E-state index is 5.79. The van der Waals surface area contributed by atoms with E-state index in [1.165, 1.54) is 0 Å². The molecule has 0 heterocycles. The second-order valence-electron chi connectivity index (χ2n) is 2.60. The molecule has 0 saturated heterocycles. The van der Waals surface area contributed by atoms with E-state index in [2.05, 4.69) is 10.2 Å². The Morgan fingerprint density at radius 3 is 2.85 bits per heavy atom. The van der Waals surface area contributed by atoms with Crippen LogP contribution in [0.3, 0.4) is 0 Å². The first-order chi connectivity index (χ1) is 6.22. The van der Waals surface area contributed by atoms with E-state index in [4.69, 9.17) is 29.1 Å². The van der Waals surface area contributed by atoms with Crippen LogP contribution in [0, 0.1) is 0 Å². The fourth-order valence-corrected chi connectivity index (χ4v) is 1.20. The molecule has 1 rings (SSSR count). The van der Waals surface area contributed by atoms with Gasteiger partial charge in [-0.3, -0.25) is 5.32 Å². The Bertz CT molecular complexity index is 267. The highest BCUT2D eigenvalue weighted by Gasteiger charge is 1.98. The molecule has 1 aromatic rings. The molecule has 72 valence electrons. The molecule has 1 atom stereocenters. The summed E-state index contributed by atoms with van der Waals surface area (Å²) < 4.78 is 0. The summed E-state index contributed by atoms with van der Waals surface area (Å²) in [6.45, 7) is 0.626. The lowest BCUT2D eigenvalue weighted by Crippen LogP contribution is -2.44. The Hall–Kier alpha value is -0.320. The summed E-state index contributed by atoms with van der Waals surface area (Å²) in [4.78, 5) is 2.36. The Balaban J connectivity index is 2.45. The second kappa shape index (κ2) is 5.42. The van der Waals surface area contributed by atoms with Crippen molar-refractivity contribution in [1.82, 2.24) is 10.2 Å². The molecule has 0 aliphatic carbocycles. The van der Waals surface area contributed by atoms with Crippen LogP contribution in [0.4, 0.5) is 0 Å². The molecule has 1 unspecified atom stereocenters. The van der Waals surface area contributed by atoms with Crippen LogP contribution in [0.15, 0.2) is 24.3 Å². The average Bonchev–Trinajstić information content (AvgIpc) is 2.14. The molecule has 0 aliphatic rings. The number of rotatable bonds is 4. The Morgan fingerprint density at radius 2 is 2.23 bits per heavy atom. The summed E-state index contributed by atoms with van der Waals surface area (Å²) in [6, 6.07) is 7.54. The minimum Gasteiger partial charge on any atom is -0.303 e. The third-order valence-corrected chi connectivity index (χ3v) is 2.00. The highest BCUT2D eigenvalue weighted by Crippen LogP contribution is 2.09. The summed E-state index contributed by atoms with van der Waals surface area (Å²) in [5.74, 6) is 0. The second-order valence-corrected chi connectivity index (χ2v) is 3.25. The summed E-state index contributed by atoms with van der Waals surface area (Å²) >= 11 is 11.1. The number of hydrogen-bond donors (Lipinski definition) is 3. The van der Waals surface area contributed by atoms with Gasteiger partial charge in [0, 0.05) is 11.6 Å². The van der Waals surface area contributed by atoms with Gasteiger partial charge < -0.3 is 5.73 Å². The molecule has 13 heavy (non-hydrogen) atoms. The first-order valence-corrected chi connectivity index (χ1v) is 4.57. The van der Waals surface area contributed by atoms with Gasteiger partial charge in [0.2, 0.25) is 0 Å². The fraction of sp³-hybridized carbons (Fsp3) is 0.250. The minimum atomic E-state index is -0.416. The molecule has 3 nitrogen and oxygen atoms in total. The van der Waals surface area contributed by atoms with E-state index in [9.17, 15) is 0 Å². The van der Waals surface area contributed by atoms with Crippen molar-refractivity contribution in [1.29, 1.82) is 0 Å². The molecule has 0 aliphatic heterocycles. The predicted molar refractivity (Wildman–Crippen MR) is 55.3 cm³/mol. The van der Waals surface area contributed by atoms with Gasteiger partial charge in [0.25, 0.3) is 0 Å². The van der Waals surface area contributed by atoms with Gasteiger partial charge in [0.1, 0.15) is 6.29 Å². The van der Waals surface area contributed by atoms with E-state index in [-0.39, 0.29) is 0 Å². The summed E-state index contributed by atoms with van der Waals surface area (Å²) in [5.41, 5.74) is 6.54. The lowest BCUT2D eigenvalue weighted by Gasteiger charge is -2.10. The Morgan fingerprint density at radius 1 is 1.46 bits per heavy atom. The van der Waals surface area contributed by atoms with Crippen LogP contribution in [-0.2, 0) is 6.54 Å². The first-order valence-electron chi connectivity index (χ1n) is 3.82. The fourth-order valence-electron chi connectivity index (χ4n) is 0.913. The number of benzene rings is 1. The zero-order valence-electron chi connectivity index (χ0n) is 6.93. The number of hydrogen-bond acceptors (Lipinski definition) is 3. The van der Waals surface area contributed by atoms with Crippen molar-refractivity contribution in [2.45, 2.75) is 12.8 Å². The van der Waals surface area contributed by atoms with E-state index in [0.717, 1.165) is 5.56 Å². The van der Waals surface area contributed by atoms with Crippen molar-refractivity contribution in [2.24, 2.45) is 5.73 Å². The van der Waals surface area contributed by atoms with Gasteiger partial charge in [0.05, 0.1) is 0 Å². The summed E-state index contributed by atoms with van der Waals surface area (Å²) in [5, 5.41) is 3.67. The smallest absolute Gasteiger partial charge is 0.123 e. The molecule has 0 spiro atoms. The third-order valence-electron chi connectivity index (χ3n) is 1.53. The standard InChI is InChI=1S/C8H11Cl2N3/c9-7-3-1-2-6(4-7)5-12-8(11)13-10/h1-4,8,12-13H,5,11H2. The molecule has 0 bridgehead atoms. The van der Waals surface area contributed by atoms with E-state index in [1.54, 1.807) is 0 Å². The van der Waals surface area contributed by atoms with Crippen LogP contribution in [0.1, 0.15) is 5.56 Å². The number of halogens is 2. The van der Waals surface area contributed by atoms with E-state index in [0.29, 0.717) is 11.6 Å². The third kappa shape index (κ3) is 3.93. The normalized spacial score (nSPS) is 12.8. The molecular formula is C8H11Cl2N3. The summed E-state index contributed by atoms with van der Waals surface area (Å²) in [6.07, 6.45) is -0.416. The lowest BCUT2D eigenvalue weighted by atomic mass is 10.2. The van der Waals surface area contributed by atoms with E-state index < -0.39 is 6.29 Å².